The lowest BCUT2D eigenvalue weighted by Crippen LogP contribution is -2.25. The Balaban J connectivity index is 0.000000181. The van der Waals surface area contributed by atoms with Gasteiger partial charge in [0.1, 0.15) is 138 Å². The van der Waals surface area contributed by atoms with Crippen molar-refractivity contribution in [1.29, 1.82) is 0 Å². The highest BCUT2D eigenvalue weighted by molar-refractivity contribution is 5.73. The summed E-state index contributed by atoms with van der Waals surface area (Å²) in [5, 5.41) is 0. The van der Waals surface area contributed by atoms with E-state index < -0.39 is 198 Å². The molecule has 0 aliphatic carbocycles. The van der Waals surface area contributed by atoms with E-state index in [1.807, 2.05) is 13.8 Å². The van der Waals surface area contributed by atoms with Crippen LogP contribution in [0.3, 0.4) is 0 Å². The molecule has 1 aliphatic heterocycles. The van der Waals surface area contributed by atoms with E-state index >= 15 is 0 Å². The topological polar surface area (TPSA) is 59.0 Å². The highest BCUT2D eigenvalue weighted by atomic mass is 19.4. The molecule has 12 rings (SSSR count). The maximum Gasteiger partial charge on any atom is 0.432 e. The maximum absolute atomic E-state index is 14.8. The number of hydrogen-bond acceptors (Lipinski definition) is 6. The normalized spacial score (nSPS) is 14.2. The third-order valence-electron chi connectivity index (χ3n) is 16.4. The predicted octanol–water partition coefficient (Wildman–Crippen LogP) is 25.6. The number of rotatable bonds is 15. The molecule has 0 bridgehead atoms. The van der Waals surface area contributed by atoms with E-state index in [0.717, 1.165) is 41.5 Å². The number of benzene rings is 10. The molecule has 0 spiro atoms. The highest BCUT2D eigenvalue weighted by Crippen LogP contribution is 2.46. The lowest BCUT2D eigenvalue weighted by Gasteiger charge is -2.27. The molecule has 0 radical (unpaired) electrons. The number of pyridine rings is 1. The monoisotopic (exact) mass is 1640 g/mol. The molecule has 11 aromatic rings. The van der Waals surface area contributed by atoms with Crippen molar-refractivity contribution in [3.05, 3.63) is 307 Å². The summed E-state index contributed by atoms with van der Waals surface area (Å²) in [4.78, 5) is 4.13. The minimum atomic E-state index is -5.48. The Morgan fingerprint density at radius 3 is 0.860 bits per heavy atom. The van der Waals surface area contributed by atoms with Crippen LogP contribution in [0, 0.1) is 107 Å². The fourth-order valence-electron chi connectivity index (χ4n) is 11.2. The Kier molecular flexibility index (Phi) is 24.3. The third kappa shape index (κ3) is 19.1. The largest absolute Gasteiger partial charge is 0.432 e. The Morgan fingerprint density at radius 1 is 0.289 bits per heavy atom. The van der Waals surface area contributed by atoms with Gasteiger partial charge >= 0.3 is 36.9 Å². The number of nitrogens with zero attached hydrogens (tertiary/aromatic N) is 1. The molecule has 1 fully saturated rings. The summed E-state index contributed by atoms with van der Waals surface area (Å²) >= 11 is 0. The molecular weight excluding hydrogens is 1600 g/mol. The van der Waals surface area contributed by atoms with Crippen molar-refractivity contribution < 1.29 is 155 Å². The first-order valence-corrected chi connectivity index (χ1v) is 32.0. The number of alkyl halides is 15. The smallest absolute Gasteiger partial charge is 0.429 e. The van der Waals surface area contributed by atoms with Crippen LogP contribution in [0.5, 0.6) is 17.2 Å². The Bertz CT molecular complexity index is 5060. The van der Waals surface area contributed by atoms with E-state index in [4.69, 9.17) is 9.47 Å². The molecule has 36 heteroatoms. The minimum absolute atomic E-state index is 0.124. The van der Waals surface area contributed by atoms with E-state index in [1.54, 1.807) is 49.5 Å². The second-order valence-electron chi connectivity index (χ2n) is 24.9. The molecule has 0 unspecified atom stereocenters. The van der Waals surface area contributed by atoms with Crippen LogP contribution in [-0.4, -0.2) is 18.2 Å². The summed E-state index contributed by atoms with van der Waals surface area (Å²) in [7, 11) is 0. The van der Waals surface area contributed by atoms with Crippen molar-refractivity contribution in [2.24, 2.45) is 5.92 Å². The quantitative estimate of drug-likeness (QED) is 0.0954. The summed E-state index contributed by atoms with van der Waals surface area (Å²) in [6.45, 7) is 6.24. The van der Waals surface area contributed by atoms with Crippen molar-refractivity contribution in [2.45, 2.75) is 63.9 Å². The molecule has 2 heterocycles. The summed E-state index contributed by atoms with van der Waals surface area (Å²) in [6, 6.07) is 22.3. The van der Waals surface area contributed by atoms with Crippen LogP contribution >= 0.6 is 0 Å². The zero-order valence-corrected chi connectivity index (χ0v) is 57.1. The average molecular weight is 1640 g/mol. The molecule has 1 saturated heterocycles. The highest BCUT2D eigenvalue weighted by Gasteiger charge is 2.47. The zero-order valence-electron chi connectivity index (χ0n) is 57.1. The van der Waals surface area contributed by atoms with Gasteiger partial charge in [-0.25, -0.2) is 65.9 Å². The van der Waals surface area contributed by atoms with Gasteiger partial charge in [-0.1, -0.05) is 79.2 Å². The van der Waals surface area contributed by atoms with Gasteiger partial charge < -0.3 is 23.7 Å². The Morgan fingerprint density at radius 2 is 0.561 bits per heavy atom. The van der Waals surface area contributed by atoms with E-state index in [1.165, 1.54) is 24.3 Å². The fraction of sp³-hybridized carbons (Fsp3) is 0.167. The molecule has 0 amide bonds. The molecule has 10 aromatic carbocycles. The van der Waals surface area contributed by atoms with Crippen LogP contribution in [0.25, 0.3) is 55.8 Å². The lowest BCUT2D eigenvalue weighted by molar-refractivity contribution is -0.202. The van der Waals surface area contributed by atoms with Crippen LogP contribution in [0.1, 0.15) is 63.3 Å². The molecule has 114 heavy (non-hydrogen) atoms. The third-order valence-corrected chi connectivity index (χ3v) is 16.4. The van der Waals surface area contributed by atoms with Gasteiger partial charge in [0.25, 0.3) is 0 Å². The lowest BCUT2D eigenvalue weighted by atomic mass is 9.98. The second kappa shape index (κ2) is 32.6. The number of ether oxygens (including phenoxy) is 5. The average Bonchev–Trinajstić information content (AvgIpc) is 0.841. The molecule has 1 aromatic heterocycles. The fourth-order valence-corrected chi connectivity index (χ4v) is 11.2. The van der Waals surface area contributed by atoms with Crippen molar-refractivity contribution in [2.75, 3.05) is 13.2 Å². The van der Waals surface area contributed by atoms with Gasteiger partial charge in [0.15, 0.2) is 6.29 Å². The van der Waals surface area contributed by atoms with Crippen molar-refractivity contribution in [3.8, 4) is 73.0 Å². The first kappa shape index (κ1) is 85.0. The van der Waals surface area contributed by atoms with Crippen molar-refractivity contribution in [1.82, 2.24) is 4.98 Å². The molecule has 0 N–H and O–H groups in total. The predicted molar refractivity (Wildman–Crippen MR) is 345 cm³/mol. The van der Waals surface area contributed by atoms with Gasteiger partial charge in [0, 0.05) is 76.3 Å². The van der Waals surface area contributed by atoms with Crippen molar-refractivity contribution in [3.63, 3.8) is 0 Å². The maximum atomic E-state index is 14.8. The molecular formula is C78H43F30NO5. The van der Waals surface area contributed by atoms with Gasteiger partial charge in [-0.05, 0) is 108 Å². The first-order valence-electron chi connectivity index (χ1n) is 32.0. The van der Waals surface area contributed by atoms with Crippen LogP contribution < -0.4 is 14.2 Å². The van der Waals surface area contributed by atoms with Gasteiger partial charge in [-0.2, -0.15) is 65.9 Å². The van der Waals surface area contributed by atoms with Gasteiger partial charge in [0.05, 0.1) is 18.9 Å². The van der Waals surface area contributed by atoms with Gasteiger partial charge in [0.2, 0.25) is 0 Å². The molecule has 1 aliphatic rings. The van der Waals surface area contributed by atoms with Crippen LogP contribution in [-0.2, 0) is 46.3 Å². The number of aromatic nitrogens is 1. The summed E-state index contributed by atoms with van der Waals surface area (Å²) < 4.78 is 439. The van der Waals surface area contributed by atoms with Crippen LogP contribution in [0.15, 0.2) is 170 Å². The summed E-state index contributed by atoms with van der Waals surface area (Å²) in [6.07, 6.45) is -30.5. The summed E-state index contributed by atoms with van der Waals surface area (Å²) in [5.74, 6) is -32.2. The number of halogens is 30. The van der Waals surface area contributed by atoms with Crippen molar-refractivity contribution >= 4 is 0 Å². The number of hydrogen-bond donors (Lipinski definition) is 0. The Labute approximate surface area is 622 Å². The first-order chi connectivity index (χ1) is 53.0. The zero-order chi connectivity index (χ0) is 84.0. The van der Waals surface area contributed by atoms with Crippen LogP contribution in [0.2, 0.25) is 0 Å². The molecule has 0 saturated carbocycles. The van der Waals surface area contributed by atoms with Gasteiger partial charge in [-0.3, -0.25) is 4.98 Å². The molecule has 0 atom stereocenters. The molecule has 600 valence electrons. The van der Waals surface area contributed by atoms with E-state index in [0.29, 0.717) is 72.0 Å². The van der Waals surface area contributed by atoms with Gasteiger partial charge in [-0.15, -0.1) is 0 Å². The minimum Gasteiger partial charge on any atom is -0.429 e. The van der Waals surface area contributed by atoms with E-state index in [2.05, 4.69) is 19.2 Å². The summed E-state index contributed by atoms with van der Waals surface area (Å²) in [5.41, 5.74) is -11.6. The molecule has 6 nitrogen and oxygen atoms in total. The second-order valence-corrected chi connectivity index (χ2v) is 24.9. The number of aryl methyl sites for hydroxylation is 2. The van der Waals surface area contributed by atoms with E-state index in [-0.39, 0.29) is 64.6 Å². The SMILES string of the molecule is CC1COC(c2ccc(-c3cc(F)c(C(F)(F)Oc4cc(F)c(C(F)(F)F)c(F)c4)c(F)c3)c(F)c2)OC1.Cc1ccc(-c2ccc(-c3cc(F)c(C(F)(F)Oc4cc(F)c(C(F)(F)F)c(F)c4)c(F)c3)c(F)c2)cc1.Cc1ccc(-c2ccc(-c3cc(F)c(C(F)(F)Oc4cc(F)c(C(F)(F)F)c(F)c4)c(F)c3)c(F)c2)nc1. The standard InChI is InChI=1S/C27H14F10O.C26H13F10NO.C25H16F10O3/c1-13-2-4-14(5-3-13)15-6-7-18(19(28)8-15)16-9-20(29)25(21(30)10-16)27(36,37)38-17-11-22(31)24(23(32)12-17)26(33,34)35;1-12-2-5-22(37-11-12)13-3-4-16(17(27)6-13)14-7-18(28)24(19(29)8-14)26(35,36)38-15-9-20(30)23(21(31)10-15)25(32,33)34;1-11-9-36-23(37-10-11)12-2-3-15(16(26)4-12)13-5-17(27)22(18(28)6-13)25(34,35)38-14-7-19(29)21(20(30)8-14)24(31,32)33/h2-12H,1H3;2-11H,1H3;2-8,11,23H,9-10H2,1H3. The Hall–Kier alpha value is -11.4. The van der Waals surface area contributed by atoms with E-state index in [9.17, 15) is 132 Å². The van der Waals surface area contributed by atoms with Crippen LogP contribution in [0.4, 0.5) is 132 Å².